The van der Waals surface area contributed by atoms with Gasteiger partial charge < -0.3 is 15.4 Å². The summed E-state index contributed by atoms with van der Waals surface area (Å²) in [5, 5.41) is 0. The van der Waals surface area contributed by atoms with Crippen molar-refractivity contribution in [2.75, 3.05) is 30.3 Å². The van der Waals surface area contributed by atoms with Gasteiger partial charge in [0, 0.05) is 13.1 Å². The molecule has 1 heterocycles. The van der Waals surface area contributed by atoms with Crippen molar-refractivity contribution in [1.82, 2.24) is 0 Å². The monoisotopic (exact) mass is 262 g/mol. The van der Waals surface area contributed by atoms with Gasteiger partial charge in [0.1, 0.15) is 0 Å². The van der Waals surface area contributed by atoms with Crippen molar-refractivity contribution in [2.45, 2.75) is 26.7 Å². The smallest absolute Gasteiger partial charge is 0.338 e. The number of carbonyl (C=O) groups excluding carboxylic acids is 1. The molecule has 0 radical (unpaired) electrons. The van der Waals surface area contributed by atoms with Crippen LogP contribution in [0.2, 0.25) is 0 Å². The Morgan fingerprint density at radius 2 is 2.11 bits per heavy atom. The Morgan fingerprint density at radius 3 is 2.68 bits per heavy atom. The van der Waals surface area contributed by atoms with E-state index in [1.165, 1.54) is 12.8 Å². The first-order valence-corrected chi connectivity index (χ1v) is 6.93. The predicted molar refractivity (Wildman–Crippen MR) is 77.4 cm³/mol. The number of rotatable bonds is 3. The molecule has 104 valence electrons. The number of benzene rings is 1. The zero-order valence-electron chi connectivity index (χ0n) is 11.7. The lowest BCUT2D eigenvalue weighted by Gasteiger charge is -2.33. The van der Waals surface area contributed by atoms with Crippen molar-refractivity contribution < 1.29 is 9.53 Å². The number of nitrogens with two attached hydrogens (primary N) is 1. The van der Waals surface area contributed by atoms with Gasteiger partial charge in [-0.3, -0.25) is 0 Å². The maximum absolute atomic E-state index is 11.6. The minimum atomic E-state index is -0.312. The van der Waals surface area contributed by atoms with Crippen molar-refractivity contribution in [1.29, 1.82) is 0 Å². The highest BCUT2D eigenvalue weighted by Gasteiger charge is 2.18. The highest BCUT2D eigenvalue weighted by Crippen LogP contribution is 2.28. The molecule has 0 saturated carbocycles. The van der Waals surface area contributed by atoms with Crippen LogP contribution in [-0.4, -0.2) is 25.7 Å². The van der Waals surface area contributed by atoms with Gasteiger partial charge >= 0.3 is 5.97 Å². The summed E-state index contributed by atoms with van der Waals surface area (Å²) in [5.74, 6) is 0.476. The number of hydrogen-bond donors (Lipinski definition) is 1. The van der Waals surface area contributed by atoms with Crippen molar-refractivity contribution in [3.05, 3.63) is 23.8 Å². The molecule has 0 unspecified atom stereocenters. The fraction of sp³-hybridized carbons (Fsp3) is 0.533. The van der Waals surface area contributed by atoms with E-state index in [1.54, 1.807) is 19.1 Å². The van der Waals surface area contributed by atoms with Crippen LogP contribution >= 0.6 is 0 Å². The third-order valence-electron chi connectivity index (χ3n) is 3.66. The van der Waals surface area contributed by atoms with Crippen LogP contribution in [0, 0.1) is 5.92 Å². The summed E-state index contributed by atoms with van der Waals surface area (Å²) >= 11 is 0. The molecule has 4 nitrogen and oxygen atoms in total. The Bertz CT molecular complexity index is 451. The van der Waals surface area contributed by atoms with E-state index < -0.39 is 0 Å². The molecule has 0 spiro atoms. The molecule has 1 aromatic carbocycles. The quantitative estimate of drug-likeness (QED) is 0.672. The zero-order valence-corrected chi connectivity index (χ0v) is 11.7. The van der Waals surface area contributed by atoms with Gasteiger partial charge in [0.2, 0.25) is 0 Å². The molecule has 2 rings (SSSR count). The minimum absolute atomic E-state index is 0.312. The van der Waals surface area contributed by atoms with E-state index in [9.17, 15) is 4.79 Å². The second-order valence-electron chi connectivity index (χ2n) is 5.16. The van der Waals surface area contributed by atoms with Gasteiger partial charge in [0.15, 0.2) is 0 Å². The third kappa shape index (κ3) is 3.19. The van der Waals surface area contributed by atoms with E-state index in [1.807, 2.05) is 6.07 Å². The molecule has 1 saturated heterocycles. The van der Waals surface area contributed by atoms with Gasteiger partial charge in [-0.2, -0.15) is 0 Å². The number of esters is 1. The van der Waals surface area contributed by atoms with Crippen LogP contribution in [0.15, 0.2) is 18.2 Å². The summed E-state index contributed by atoms with van der Waals surface area (Å²) in [6, 6.07) is 5.44. The minimum Gasteiger partial charge on any atom is -0.462 e. The van der Waals surface area contributed by atoms with Crippen LogP contribution in [0.25, 0.3) is 0 Å². The van der Waals surface area contributed by atoms with Gasteiger partial charge in [-0.15, -0.1) is 0 Å². The Hall–Kier alpha value is -1.71. The molecule has 1 fully saturated rings. The summed E-state index contributed by atoms with van der Waals surface area (Å²) in [6.07, 6.45) is 2.39. The molecular formula is C15H22N2O2. The average Bonchev–Trinajstić information content (AvgIpc) is 2.40. The summed E-state index contributed by atoms with van der Waals surface area (Å²) < 4.78 is 4.97. The SMILES string of the molecule is CCOC(=O)c1ccc(N2CCC(C)CC2)c(N)c1. The number of carbonyl (C=O) groups is 1. The summed E-state index contributed by atoms with van der Waals surface area (Å²) in [7, 11) is 0. The van der Waals surface area contributed by atoms with E-state index in [4.69, 9.17) is 10.5 Å². The van der Waals surface area contributed by atoms with Crippen molar-refractivity contribution in [3.63, 3.8) is 0 Å². The lowest BCUT2D eigenvalue weighted by molar-refractivity contribution is 0.0526. The van der Waals surface area contributed by atoms with Gasteiger partial charge in [0.25, 0.3) is 0 Å². The van der Waals surface area contributed by atoms with Gasteiger partial charge in [-0.1, -0.05) is 6.92 Å². The predicted octanol–water partition coefficient (Wildman–Crippen LogP) is 2.68. The molecule has 1 aromatic rings. The van der Waals surface area contributed by atoms with Crippen molar-refractivity contribution in [2.24, 2.45) is 5.92 Å². The fourth-order valence-electron chi connectivity index (χ4n) is 2.43. The highest BCUT2D eigenvalue weighted by molar-refractivity contribution is 5.92. The van der Waals surface area contributed by atoms with Crippen LogP contribution in [0.5, 0.6) is 0 Å². The lowest BCUT2D eigenvalue weighted by atomic mass is 9.98. The second-order valence-corrected chi connectivity index (χ2v) is 5.16. The number of anilines is 2. The number of nitrogens with zero attached hydrogens (tertiary/aromatic N) is 1. The molecule has 2 N–H and O–H groups in total. The molecule has 1 aliphatic rings. The van der Waals surface area contributed by atoms with Crippen LogP contribution in [0.1, 0.15) is 37.0 Å². The standard InChI is InChI=1S/C15H22N2O2/c1-3-19-15(18)12-4-5-14(13(16)10-12)17-8-6-11(2)7-9-17/h4-5,10-11H,3,6-9,16H2,1-2H3. The molecule has 0 aromatic heterocycles. The highest BCUT2D eigenvalue weighted by atomic mass is 16.5. The average molecular weight is 262 g/mol. The summed E-state index contributed by atoms with van der Waals surface area (Å²) in [5.41, 5.74) is 8.27. The molecule has 0 bridgehead atoms. The number of hydrogen-bond acceptors (Lipinski definition) is 4. The van der Waals surface area contributed by atoms with E-state index in [0.717, 1.165) is 24.7 Å². The first kappa shape index (κ1) is 13.7. The maximum atomic E-state index is 11.6. The van der Waals surface area contributed by atoms with Crippen molar-refractivity contribution in [3.8, 4) is 0 Å². The van der Waals surface area contributed by atoms with Crippen LogP contribution in [0.4, 0.5) is 11.4 Å². The number of ether oxygens (including phenoxy) is 1. The van der Waals surface area contributed by atoms with Gasteiger partial charge in [0.05, 0.1) is 23.5 Å². The van der Waals surface area contributed by atoms with Crippen LogP contribution < -0.4 is 10.6 Å². The van der Waals surface area contributed by atoms with E-state index in [2.05, 4.69) is 11.8 Å². The summed E-state index contributed by atoms with van der Waals surface area (Å²) in [4.78, 5) is 13.9. The second kappa shape index (κ2) is 5.95. The largest absolute Gasteiger partial charge is 0.462 e. The van der Waals surface area contributed by atoms with E-state index in [0.29, 0.717) is 17.9 Å². The lowest BCUT2D eigenvalue weighted by Crippen LogP contribution is -2.33. The first-order valence-electron chi connectivity index (χ1n) is 6.93. The maximum Gasteiger partial charge on any atom is 0.338 e. The molecule has 19 heavy (non-hydrogen) atoms. The molecule has 4 heteroatoms. The summed E-state index contributed by atoms with van der Waals surface area (Å²) in [6.45, 7) is 6.52. The Morgan fingerprint density at radius 1 is 1.42 bits per heavy atom. The molecule has 0 aliphatic carbocycles. The third-order valence-corrected chi connectivity index (χ3v) is 3.66. The fourth-order valence-corrected chi connectivity index (χ4v) is 2.43. The van der Waals surface area contributed by atoms with E-state index in [-0.39, 0.29) is 5.97 Å². The molecule has 1 aliphatic heterocycles. The molecular weight excluding hydrogens is 240 g/mol. The van der Waals surface area contributed by atoms with Gasteiger partial charge in [-0.05, 0) is 43.9 Å². The van der Waals surface area contributed by atoms with Gasteiger partial charge in [-0.25, -0.2) is 4.79 Å². The molecule has 0 amide bonds. The Kier molecular flexibility index (Phi) is 4.30. The topological polar surface area (TPSA) is 55.6 Å². The Labute approximate surface area is 114 Å². The van der Waals surface area contributed by atoms with Crippen LogP contribution in [0.3, 0.4) is 0 Å². The zero-order chi connectivity index (χ0) is 13.8. The Balaban J connectivity index is 2.13. The van der Waals surface area contributed by atoms with Crippen LogP contribution in [-0.2, 0) is 4.74 Å². The normalized spacial score (nSPS) is 16.4. The number of piperidine rings is 1. The molecule has 0 atom stereocenters. The number of nitrogen functional groups attached to an aromatic ring is 1. The first-order chi connectivity index (χ1) is 9.11. The van der Waals surface area contributed by atoms with Crippen molar-refractivity contribution >= 4 is 17.3 Å². The van der Waals surface area contributed by atoms with E-state index >= 15 is 0 Å².